The highest BCUT2D eigenvalue weighted by Crippen LogP contribution is 2.30. The van der Waals surface area contributed by atoms with Crippen LogP contribution in [0.25, 0.3) is 0 Å². The number of hydrogen-bond acceptors (Lipinski definition) is 1. The molecule has 2 nitrogen and oxygen atoms in total. The van der Waals surface area contributed by atoms with Gasteiger partial charge in [0.25, 0.3) is 5.92 Å². The highest BCUT2D eigenvalue weighted by atomic mass is 19.3. The lowest BCUT2D eigenvalue weighted by Crippen LogP contribution is -2.37. The van der Waals surface area contributed by atoms with Gasteiger partial charge >= 0.3 is 0 Å². The number of alkyl halides is 2. The van der Waals surface area contributed by atoms with Crippen LogP contribution >= 0.6 is 0 Å². The van der Waals surface area contributed by atoms with Crippen molar-refractivity contribution in [3.8, 4) is 0 Å². The molecule has 0 fully saturated rings. The zero-order chi connectivity index (χ0) is 11.5. The number of amides is 1. The molecule has 0 aliphatic rings. The molecule has 0 radical (unpaired) electrons. The van der Waals surface area contributed by atoms with Crippen LogP contribution in [0.4, 0.5) is 8.78 Å². The van der Waals surface area contributed by atoms with Crippen molar-refractivity contribution in [3.05, 3.63) is 35.9 Å². The Labute approximate surface area is 87.3 Å². The maximum Gasteiger partial charge on any atom is 0.269 e. The fraction of sp³-hybridized carbons (Fsp3) is 0.364. The van der Waals surface area contributed by atoms with Gasteiger partial charge in [0.05, 0.1) is 0 Å². The second-order valence-electron chi connectivity index (χ2n) is 3.50. The van der Waals surface area contributed by atoms with E-state index < -0.39 is 17.9 Å². The molecule has 0 saturated heterocycles. The molecule has 15 heavy (non-hydrogen) atoms. The number of carbonyl (C=O) groups is 1. The van der Waals surface area contributed by atoms with E-state index in [4.69, 9.17) is 0 Å². The van der Waals surface area contributed by atoms with Gasteiger partial charge < -0.3 is 5.32 Å². The lowest BCUT2D eigenvalue weighted by molar-refractivity contribution is -0.123. The van der Waals surface area contributed by atoms with Gasteiger partial charge in [-0.3, -0.25) is 4.79 Å². The SMILES string of the molecule is CC(=O)NC(c1ccccc1)C(C)(F)F. The van der Waals surface area contributed by atoms with Crippen LogP contribution in [0, 0.1) is 0 Å². The van der Waals surface area contributed by atoms with Crippen molar-refractivity contribution in [1.82, 2.24) is 5.32 Å². The summed E-state index contributed by atoms with van der Waals surface area (Å²) >= 11 is 0. The highest BCUT2D eigenvalue weighted by molar-refractivity contribution is 5.73. The summed E-state index contributed by atoms with van der Waals surface area (Å²) in [7, 11) is 0. The Hall–Kier alpha value is -1.45. The van der Waals surface area contributed by atoms with E-state index in [1.165, 1.54) is 6.92 Å². The summed E-state index contributed by atoms with van der Waals surface area (Å²) < 4.78 is 26.4. The topological polar surface area (TPSA) is 29.1 Å². The minimum absolute atomic E-state index is 0.403. The minimum atomic E-state index is -2.98. The first-order valence-electron chi connectivity index (χ1n) is 4.61. The number of rotatable bonds is 3. The summed E-state index contributed by atoms with van der Waals surface area (Å²) in [5.41, 5.74) is 0.403. The summed E-state index contributed by atoms with van der Waals surface area (Å²) in [5, 5.41) is 2.25. The van der Waals surface area contributed by atoms with Gasteiger partial charge in [0.15, 0.2) is 0 Å². The van der Waals surface area contributed by atoms with E-state index >= 15 is 0 Å². The Morgan fingerprint density at radius 1 is 1.33 bits per heavy atom. The molecule has 0 aliphatic heterocycles. The van der Waals surface area contributed by atoms with Crippen LogP contribution in [0.3, 0.4) is 0 Å². The lowest BCUT2D eigenvalue weighted by Gasteiger charge is -2.24. The molecule has 0 aromatic heterocycles. The highest BCUT2D eigenvalue weighted by Gasteiger charge is 2.35. The number of halogens is 2. The van der Waals surface area contributed by atoms with E-state index in [-0.39, 0.29) is 0 Å². The fourth-order valence-corrected chi connectivity index (χ4v) is 1.35. The Morgan fingerprint density at radius 2 is 1.87 bits per heavy atom. The molecule has 1 unspecified atom stereocenters. The molecule has 0 aliphatic carbocycles. The van der Waals surface area contributed by atoms with E-state index in [0.717, 1.165) is 6.92 Å². The summed E-state index contributed by atoms with van der Waals surface area (Å²) in [4.78, 5) is 10.8. The lowest BCUT2D eigenvalue weighted by atomic mass is 10.0. The van der Waals surface area contributed by atoms with Crippen molar-refractivity contribution in [2.75, 3.05) is 0 Å². The molecule has 1 rings (SSSR count). The Bertz CT molecular complexity index is 332. The van der Waals surface area contributed by atoms with E-state index in [2.05, 4.69) is 5.32 Å². The first kappa shape index (κ1) is 11.6. The third-order valence-corrected chi connectivity index (χ3v) is 1.99. The molecular formula is C11H13F2NO. The molecule has 82 valence electrons. The second kappa shape index (κ2) is 4.38. The van der Waals surface area contributed by atoms with Gasteiger partial charge in [-0.1, -0.05) is 30.3 Å². The number of nitrogens with one attached hydrogen (secondary N) is 1. The summed E-state index contributed by atoms with van der Waals surface area (Å²) in [5.74, 6) is -3.45. The van der Waals surface area contributed by atoms with Gasteiger partial charge in [-0.25, -0.2) is 8.78 Å². The molecule has 0 heterocycles. The van der Waals surface area contributed by atoms with E-state index in [0.29, 0.717) is 5.56 Å². The average molecular weight is 213 g/mol. The normalized spacial score (nSPS) is 13.3. The van der Waals surface area contributed by atoms with Crippen LogP contribution in [0.1, 0.15) is 25.5 Å². The molecule has 0 bridgehead atoms. The predicted octanol–water partition coefficient (Wildman–Crippen LogP) is 2.52. The minimum Gasteiger partial charge on any atom is -0.344 e. The Balaban J connectivity index is 2.97. The van der Waals surface area contributed by atoms with Gasteiger partial charge in [-0.05, 0) is 5.56 Å². The van der Waals surface area contributed by atoms with Crippen LogP contribution in [-0.2, 0) is 4.79 Å². The molecular weight excluding hydrogens is 200 g/mol. The summed E-state index contributed by atoms with van der Waals surface area (Å²) in [6.45, 7) is 2.02. The van der Waals surface area contributed by atoms with Crippen LogP contribution < -0.4 is 5.32 Å². The van der Waals surface area contributed by atoms with Crippen molar-refractivity contribution < 1.29 is 13.6 Å². The van der Waals surface area contributed by atoms with Crippen LogP contribution in [0.2, 0.25) is 0 Å². The molecule has 0 spiro atoms. The van der Waals surface area contributed by atoms with Crippen molar-refractivity contribution in [2.45, 2.75) is 25.8 Å². The standard InChI is InChI=1S/C11H13F2NO/c1-8(15)14-10(11(2,12)13)9-6-4-3-5-7-9/h3-7,10H,1-2H3,(H,14,15). The van der Waals surface area contributed by atoms with Crippen molar-refractivity contribution in [2.24, 2.45) is 0 Å². The van der Waals surface area contributed by atoms with Gasteiger partial charge in [-0.15, -0.1) is 0 Å². The number of carbonyl (C=O) groups excluding carboxylic acids is 1. The van der Waals surface area contributed by atoms with Crippen molar-refractivity contribution >= 4 is 5.91 Å². The van der Waals surface area contributed by atoms with Gasteiger partial charge in [0, 0.05) is 13.8 Å². The Morgan fingerprint density at radius 3 is 2.27 bits per heavy atom. The number of hydrogen-bond donors (Lipinski definition) is 1. The first-order chi connectivity index (χ1) is 6.91. The smallest absolute Gasteiger partial charge is 0.269 e. The average Bonchev–Trinajstić information content (AvgIpc) is 2.14. The summed E-state index contributed by atoms with van der Waals surface area (Å²) in [6, 6.07) is 6.93. The molecule has 1 aromatic rings. The Kier molecular flexibility index (Phi) is 3.39. The largest absolute Gasteiger partial charge is 0.344 e. The first-order valence-corrected chi connectivity index (χ1v) is 4.61. The van der Waals surface area contributed by atoms with E-state index in [1.807, 2.05) is 0 Å². The van der Waals surface area contributed by atoms with Crippen molar-refractivity contribution in [3.63, 3.8) is 0 Å². The molecule has 0 saturated carbocycles. The number of benzene rings is 1. The van der Waals surface area contributed by atoms with E-state index in [9.17, 15) is 13.6 Å². The molecule has 4 heteroatoms. The second-order valence-corrected chi connectivity index (χ2v) is 3.50. The maximum absolute atomic E-state index is 13.2. The molecule has 1 aromatic carbocycles. The van der Waals surface area contributed by atoms with Crippen LogP contribution in [0.15, 0.2) is 30.3 Å². The third-order valence-electron chi connectivity index (χ3n) is 1.99. The molecule has 1 N–H and O–H groups in total. The van der Waals surface area contributed by atoms with Crippen LogP contribution in [0.5, 0.6) is 0 Å². The van der Waals surface area contributed by atoms with Crippen LogP contribution in [-0.4, -0.2) is 11.8 Å². The van der Waals surface area contributed by atoms with Gasteiger partial charge in [-0.2, -0.15) is 0 Å². The maximum atomic E-state index is 13.2. The summed E-state index contributed by atoms with van der Waals surface area (Å²) in [6.07, 6.45) is 0. The third kappa shape index (κ3) is 3.31. The zero-order valence-electron chi connectivity index (χ0n) is 8.63. The predicted molar refractivity (Wildman–Crippen MR) is 53.6 cm³/mol. The molecule has 1 amide bonds. The van der Waals surface area contributed by atoms with E-state index in [1.54, 1.807) is 30.3 Å². The van der Waals surface area contributed by atoms with Gasteiger partial charge in [0.1, 0.15) is 6.04 Å². The monoisotopic (exact) mass is 213 g/mol. The van der Waals surface area contributed by atoms with Crippen molar-refractivity contribution in [1.29, 1.82) is 0 Å². The quantitative estimate of drug-likeness (QED) is 0.821. The van der Waals surface area contributed by atoms with Gasteiger partial charge in [0.2, 0.25) is 5.91 Å². The zero-order valence-corrected chi connectivity index (χ0v) is 8.63. The fourth-order valence-electron chi connectivity index (χ4n) is 1.35. The molecule has 1 atom stereocenters.